The molecule has 7 heteroatoms. The molecule has 1 heterocycles. The van der Waals surface area contributed by atoms with Crippen molar-refractivity contribution in [2.75, 3.05) is 26.6 Å². The molecule has 0 aliphatic carbocycles. The fourth-order valence-corrected chi connectivity index (χ4v) is 2.83. The van der Waals surface area contributed by atoms with Gasteiger partial charge in [-0.1, -0.05) is 6.07 Å². The average Bonchev–Trinajstić information content (AvgIpc) is 2.67. The van der Waals surface area contributed by atoms with E-state index < -0.39 is 0 Å². The molecule has 0 spiro atoms. The molecule has 0 aliphatic heterocycles. The topological polar surface area (TPSA) is 89.7 Å². The van der Waals surface area contributed by atoms with Crippen LogP contribution in [0.2, 0.25) is 0 Å². The van der Waals surface area contributed by atoms with Crippen molar-refractivity contribution >= 4 is 22.5 Å². The van der Waals surface area contributed by atoms with E-state index in [1.807, 2.05) is 6.07 Å². The molecule has 0 radical (unpaired) electrons. The van der Waals surface area contributed by atoms with Crippen molar-refractivity contribution in [3.05, 3.63) is 63.9 Å². The number of methoxy groups -OCH3 is 3. The second-order valence-electron chi connectivity index (χ2n) is 5.91. The molecule has 0 saturated carbocycles. The molecule has 0 bridgehead atoms. The van der Waals surface area contributed by atoms with Gasteiger partial charge in [-0.3, -0.25) is 9.59 Å². The van der Waals surface area contributed by atoms with E-state index in [2.05, 4.69) is 10.3 Å². The number of H-pyrrole nitrogens is 1. The maximum atomic E-state index is 12.6. The number of carbonyl (C=O) groups is 1. The molecule has 0 unspecified atom stereocenters. The molecule has 3 aromatic rings. The van der Waals surface area contributed by atoms with Crippen LogP contribution in [0.5, 0.6) is 11.5 Å². The van der Waals surface area contributed by atoms with Gasteiger partial charge in [-0.25, -0.2) is 0 Å². The highest BCUT2D eigenvalue weighted by Crippen LogP contribution is 2.24. The number of aromatic nitrogens is 1. The molecule has 0 aliphatic rings. The van der Waals surface area contributed by atoms with Crippen molar-refractivity contribution in [3.8, 4) is 11.5 Å². The minimum Gasteiger partial charge on any atom is -0.497 e. The highest BCUT2D eigenvalue weighted by molar-refractivity contribution is 6.05. The fourth-order valence-electron chi connectivity index (χ4n) is 2.83. The molecule has 1 amide bonds. The molecule has 0 fully saturated rings. The van der Waals surface area contributed by atoms with Crippen LogP contribution >= 0.6 is 0 Å². The number of rotatable bonds is 6. The van der Waals surface area contributed by atoms with Crippen LogP contribution in [0.25, 0.3) is 10.9 Å². The monoisotopic (exact) mass is 368 g/mol. The second kappa shape index (κ2) is 7.92. The Bertz CT molecular complexity index is 1020. The Morgan fingerprint density at radius 3 is 2.33 bits per heavy atom. The summed E-state index contributed by atoms with van der Waals surface area (Å²) < 4.78 is 15.5. The Labute approximate surface area is 155 Å². The maximum absolute atomic E-state index is 12.6. The predicted octanol–water partition coefficient (Wildman–Crippen LogP) is 2.94. The molecule has 140 valence electrons. The standard InChI is InChI=1S/C20H20N2O5/c1-25-11-13-8-19(23)22-18-9-14(4-5-17(13)18)21-20(24)12-6-15(26-2)10-16(7-12)27-3/h4-10H,11H2,1-3H3,(H,21,24)(H,22,23). The van der Waals surface area contributed by atoms with Gasteiger partial charge in [-0.05, 0) is 29.8 Å². The van der Waals surface area contributed by atoms with Gasteiger partial charge in [-0.15, -0.1) is 0 Å². The number of anilines is 1. The zero-order valence-corrected chi connectivity index (χ0v) is 15.3. The second-order valence-corrected chi connectivity index (χ2v) is 5.91. The van der Waals surface area contributed by atoms with Crippen LogP contribution in [-0.2, 0) is 11.3 Å². The van der Waals surface area contributed by atoms with Gasteiger partial charge in [0.15, 0.2) is 0 Å². The number of hydrogen-bond donors (Lipinski definition) is 2. The molecule has 2 aromatic carbocycles. The minimum atomic E-state index is -0.318. The van der Waals surface area contributed by atoms with Gasteiger partial charge >= 0.3 is 0 Å². The van der Waals surface area contributed by atoms with E-state index in [1.54, 1.807) is 37.4 Å². The van der Waals surface area contributed by atoms with E-state index in [1.165, 1.54) is 20.3 Å². The van der Waals surface area contributed by atoms with Crippen molar-refractivity contribution in [1.82, 2.24) is 4.98 Å². The van der Waals surface area contributed by atoms with E-state index in [0.717, 1.165) is 10.9 Å². The van der Waals surface area contributed by atoms with Crippen LogP contribution in [0.15, 0.2) is 47.3 Å². The molecule has 7 nitrogen and oxygen atoms in total. The smallest absolute Gasteiger partial charge is 0.255 e. The first kappa shape index (κ1) is 18.5. The lowest BCUT2D eigenvalue weighted by molar-refractivity contribution is 0.102. The highest BCUT2D eigenvalue weighted by atomic mass is 16.5. The van der Waals surface area contributed by atoms with Gasteiger partial charge in [0.1, 0.15) is 11.5 Å². The van der Waals surface area contributed by atoms with E-state index in [4.69, 9.17) is 14.2 Å². The lowest BCUT2D eigenvalue weighted by Gasteiger charge is -2.11. The summed E-state index contributed by atoms with van der Waals surface area (Å²) in [6.07, 6.45) is 0. The third kappa shape index (κ3) is 4.09. The molecule has 1 aromatic heterocycles. The average molecular weight is 368 g/mol. The Morgan fingerprint density at radius 1 is 1.00 bits per heavy atom. The maximum Gasteiger partial charge on any atom is 0.255 e. The van der Waals surface area contributed by atoms with Gasteiger partial charge in [0.25, 0.3) is 5.91 Å². The first-order valence-corrected chi connectivity index (χ1v) is 8.23. The van der Waals surface area contributed by atoms with Crippen LogP contribution in [-0.4, -0.2) is 32.2 Å². The van der Waals surface area contributed by atoms with E-state index in [0.29, 0.717) is 34.9 Å². The molecular formula is C20H20N2O5. The highest BCUT2D eigenvalue weighted by Gasteiger charge is 2.11. The van der Waals surface area contributed by atoms with Crippen LogP contribution < -0.4 is 20.3 Å². The number of amides is 1. The van der Waals surface area contributed by atoms with E-state index >= 15 is 0 Å². The number of hydrogen-bond acceptors (Lipinski definition) is 5. The first-order valence-electron chi connectivity index (χ1n) is 8.23. The predicted molar refractivity (Wildman–Crippen MR) is 103 cm³/mol. The lowest BCUT2D eigenvalue weighted by Crippen LogP contribution is -2.13. The van der Waals surface area contributed by atoms with Gasteiger partial charge in [0.05, 0.1) is 26.3 Å². The van der Waals surface area contributed by atoms with Crippen molar-refractivity contribution in [2.24, 2.45) is 0 Å². The van der Waals surface area contributed by atoms with Gasteiger partial charge in [0.2, 0.25) is 5.56 Å². The van der Waals surface area contributed by atoms with E-state index in [-0.39, 0.29) is 11.5 Å². The number of aromatic amines is 1. The number of carbonyl (C=O) groups excluding carboxylic acids is 1. The quantitative estimate of drug-likeness (QED) is 0.698. The molecule has 0 saturated heterocycles. The van der Waals surface area contributed by atoms with Crippen LogP contribution in [0.1, 0.15) is 15.9 Å². The van der Waals surface area contributed by atoms with Crippen molar-refractivity contribution in [2.45, 2.75) is 6.61 Å². The van der Waals surface area contributed by atoms with Gasteiger partial charge in [-0.2, -0.15) is 0 Å². The van der Waals surface area contributed by atoms with Gasteiger partial charge < -0.3 is 24.5 Å². The van der Waals surface area contributed by atoms with E-state index in [9.17, 15) is 9.59 Å². The minimum absolute atomic E-state index is 0.226. The number of ether oxygens (including phenoxy) is 3. The summed E-state index contributed by atoms with van der Waals surface area (Å²) in [6, 6.07) is 11.8. The Kier molecular flexibility index (Phi) is 5.42. The largest absolute Gasteiger partial charge is 0.497 e. The van der Waals surface area contributed by atoms with Crippen LogP contribution in [0, 0.1) is 0 Å². The molecule has 2 N–H and O–H groups in total. The zero-order valence-electron chi connectivity index (χ0n) is 15.3. The summed E-state index contributed by atoms with van der Waals surface area (Å²) in [5, 5.41) is 3.68. The third-order valence-corrected chi connectivity index (χ3v) is 4.10. The van der Waals surface area contributed by atoms with Crippen molar-refractivity contribution < 1.29 is 19.0 Å². The number of pyridine rings is 1. The normalized spacial score (nSPS) is 10.6. The van der Waals surface area contributed by atoms with Crippen LogP contribution in [0.3, 0.4) is 0 Å². The summed E-state index contributed by atoms with van der Waals surface area (Å²) >= 11 is 0. The summed E-state index contributed by atoms with van der Waals surface area (Å²) in [5.74, 6) is 0.722. The van der Waals surface area contributed by atoms with Gasteiger partial charge in [0, 0.05) is 35.9 Å². The number of benzene rings is 2. The fraction of sp³-hybridized carbons (Fsp3) is 0.200. The summed E-state index contributed by atoms with van der Waals surface area (Å²) in [5.41, 5.74) is 2.13. The summed E-state index contributed by atoms with van der Waals surface area (Å²) in [4.78, 5) is 27.2. The number of nitrogens with one attached hydrogen (secondary N) is 2. The summed E-state index contributed by atoms with van der Waals surface area (Å²) in [6.45, 7) is 0.329. The number of fused-ring (bicyclic) bond motifs is 1. The first-order chi connectivity index (χ1) is 13.0. The Balaban J connectivity index is 1.92. The third-order valence-electron chi connectivity index (χ3n) is 4.10. The zero-order chi connectivity index (χ0) is 19.4. The van der Waals surface area contributed by atoms with Crippen LogP contribution in [0.4, 0.5) is 5.69 Å². The lowest BCUT2D eigenvalue weighted by atomic mass is 10.1. The molecular weight excluding hydrogens is 348 g/mol. The SMILES string of the molecule is COCc1cc(=O)[nH]c2cc(NC(=O)c3cc(OC)cc(OC)c3)ccc12. The Hall–Kier alpha value is -3.32. The summed E-state index contributed by atoms with van der Waals surface area (Å²) in [7, 11) is 4.62. The Morgan fingerprint density at radius 2 is 1.70 bits per heavy atom. The van der Waals surface area contributed by atoms with Crippen molar-refractivity contribution in [3.63, 3.8) is 0 Å². The van der Waals surface area contributed by atoms with Crippen molar-refractivity contribution in [1.29, 1.82) is 0 Å². The molecule has 3 rings (SSSR count). The molecule has 0 atom stereocenters. The molecule has 27 heavy (non-hydrogen) atoms.